The molecule has 4 nitrogen and oxygen atoms in total. The molecule has 5 heteroatoms. The summed E-state index contributed by atoms with van der Waals surface area (Å²) in [6.07, 6.45) is 0.0758. The lowest BCUT2D eigenvalue weighted by Crippen LogP contribution is -2.12. The highest BCUT2D eigenvalue weighted by atomic mass is 32.2. The van der Waals surface area contributed by atoms with Crippen LogP contribution in [0.15, 0.2) is 58.3 Å². The predicted octanol–water partition coefficient (Wildman–Crippen LogP) is 3.59. The molecule has 0 N–H and O–H groups in total. The van der Waals surface area contributed by atoms with Gasteiger partial charge in [0.1, 0.15) is 23.4 Å². The number of rotatable bonds is 5. The third-order valence-electron chi connectivity index (χ3n) is 4.00. The summed E-state index contributed by atoms with van der Waals surface area (Å²) in [7, 11) is -3.63. The molecule has 0 radical (unpaired) electrons. The fourth-order valence-corrected chi connectivity index (χ4v) is 3.80. The van der Waals surface area contributed by atoms with Crippen LogP contribution >= 0.6 is 0 Å². The van der Waals surface area contributed by atoms with Gasteiger partial charge < -0.3 is 9.47 Å². The molecule has 1 aliphatic rings. The van der Waals surface area contributed by atoms with E-state index in [1.54, 1.807) is 36.4 Å². The van der Waals surface area contributed by atoms with E-state index in [0.717, 1.165) is 5.56 Å². The van der Waals surface area contributed by atoms with Gasteiger partial charge in [-0.25, -0.2) is 8.42 Å². The second-order valence-corrected chi connectivity index (χ2v) is 8.91. The molecule has 1 heterocycles. The highest BCUT2D eigenvalue weighted by molar-refractivity contribution is 7.91. The summed E-state index contributed by atoms with van der Waals surface area (Å²) in [5.74, 6) is 0.368. The summed E-state index contributed by atoms with van der Waals surface area (Å²) >= 11 is 0. The highest BCUT2D eigenvalue weighted by Crippen LogP contribution is 2.31. The maximum Gasteiger partial charge on any atom is 0.210 e. The number of para-hydroxylation sites is 1. The minimum absolute atomic E-state index is 0.0203. The second-order valence-electron chi connectivity index (χ2n) is 6.99. The number of epoxide rings is 1. The summed E-state index contributed by atoms with van der Waals surface area (Å²) < 4.78 is 36.7. The fraction of sp³-hybridized carbons (Fsp3) is 0.368. The van der Waals surface area contributed by atoms with Crippen LogP contribution in [0.2, 0.25) is 0 Å². The first-order valence-electron chi connectivity index (χ1n) is 7.97. The Bertz CT molecular complexity index is 813. The van der Waals surface area contributed by atoms with Gasteiger partial charge in [0.25, 0.3) is 0 Å². The standard InChI is InChI=1S/C19H22O4S/c1-19(2,3)14-8-10-16(11-9-14)24(20,21)18-7-5-4-6-17(18)23-13-15-12-22-15/h4-11,15H,12-13H2,1-3H3. The zero-order valence-corrected chi connectivity index (χ0v) is 15.0. The van der Waals surface area contributed by atoms with Crippen molar-refractivity contribution >= 4 is 9.84 Å². The Hall–Kier alpha value is -1.85. The maximum atomic E-state index is 13.0. The SMILES string of the molecule is CC(C)(C)c1ccc(S(=O)(=O)c2ccccc2OCC2CO2)cc1. The molecule has 0 aromatic heterocycles. The summed E-state index contributed by atoms with van der Waals surface area (Å²) in [6.45, 7) is 7.33. The average molecular weight is 346 g/mol. The Labute approximate surface area is 143 Å². The van der Waals surface area contributed by atoms with E-state index in [1.807, 2.05) is 12.1 Å². The smallest absolute Gasteiger partial charge is 0.210 e. The van der Waals surface area contributed by atoms with Crippen molar-refractivity contribution in [2.24, 2.45) is 0 Å². The van der Waals surface area contributed by atoms with Crippen LogP contribution in [-0.2, 0) is 20.0 Å². The lowest BCUT2D eigenvalue weighted by atomic mass is 9.87. The lowest BCUT2D eigenvalue weighted by Gasteiger charge is -2.19. The molecular formula is C19H22O4S. The molecule has 3 rings (SSSR count). The molecule has 1 saturated heterocycles. The third-order valence-corrected chi connectivity index (χ3v) is 5.81. The van der Waals surface area contributed by atoms with Crippen molar-refractivity contribution in [1.82, 2.24) is 0 Å². The van der Waals surface area contributed by atoms with Crippen LogP contribution in [-0.4, -0.2) is 27.7 Å². The van der Waals surface area contributed by atoms with Gasteiger partial charge in [-0.3, -0.25) is 0 Å². The largest absolute Gasteiger partial charge is 0.489 e. The maximum absolute atomic E-state index is 13.0. The molecule has 0 spiro atoms. The first-order valence-corrected chi connectivity index (χ1v) is 9.46. The van der Waals surface area contributed by atoms with Gasteiger partial charge in [0, 0.05) is 0 Å². The van der Waals surface area contributed by atoms with E-state index in [1.165, 1.54) is 0 Å². The number of sulfone groups is 1. The van der Waals surface area contributed by atoms with Crippen molar-refractivity contribution in [3.63, 3.8) is 0 Å². The Morgan fingerprint density at radius 1 is 1.08 bits per heavy atom. The van der Waals surface area contributed by atoms with Crippen molar-refractivity contribution in [2.75, 3.05) is 13.2 Å². The number of hydrogen-bond acceptors (Lipinski definition) is 4. The first-order chi connectivity index (χ1) is 11.3. The second kappa shape index (κ2) is 6.22. The number of hydrogen-bond donors (Lipinski definition) is 0. The van der Waals surface area contributed by atoms with Gasteiger partial charge in [0.15, 0.2) is 0 Å². The molecule has 1 atom stereocenters. The molecule has 1 unspecified atom stereocenters. The van der Waals surface area contributed by atoms with E-state index in [0.29, 0.717) is 19.0 Å². The van der Waals surface area contributed by atoms with Gasteiger partial charge in [-0.05, 0) is 35.2 Å². The Balaban J connectivity index is 1.92. The van der Waals surface area contributed by atoms with Crippen molar-refractivity contribution < 1.29 is 17.9 Å². The minimum atomic E-state index is -3.63. The van der Waals surface area contributed by atoms with Gasteiger partial charge in [-0.15, -0.1) is 0 Å². The van der Waals surface area contributed by atoms with Crippen molar-refractivity contribution in [3.05, 3.63) is 54.1 Å². The molecule has 0 aliphatic carbocycles. The van der Waals surface area contributed by atoms with Gasteiger partial charge in [-0.2, -0.15) is 0 Å². The van der Waals surface area contributed by atoms with E-state index in [-0.39, 0.29) is 21.3 Å². The van der Waals surface area contributed by atoms with Gasteiger partial charge in [-0.1, -0.05) is 45.0 Å². The van der Waals surface area contributed by atoms with Gasteiger partial charge in [0.2, 0.25) is 9.84 Å². The van der Waals surface area contributed by atoms with E-state index in [9.17, 15) is 8.42 Å². The molecule has 24 heavy (non-hydrogen) atoms. The van der Waals surface area contributed by atoms with Crippen molar-refractivity contribution in [1.29, 1.82) is 0 Å². The Kier molecular flexibility index (Phi) is 4.40. The van der Waals surface area contributed by atoms with Crippen LogP contribution in [0, 0.1) is 0 Å². The Morgan fingerprint density at radius 2 is 1.71 bits per heavy atom. The van der Waals surface area contributed by atoms with E-state index in [2.05, 4.69) is 20.8 Å². The van der Waals surface area contributed by atoms with Crippen LogP contribution in [0.3, 0.4) is 0 Å². The molecular weight excluding hydrogens is 324 g/mol. The monoisotopic (exact) mass is 346 g/mol. The molecule has 2 aromatic rings. The quantitative estimate of drug-likeness (QED) is 0.776. The molecule has 0 bridgehead atoms. The van der Waals surface area contributed by atoms with Crippen LogP contribution in [0.1, 0.15) is 26.3 Å². The van der Waals surface area contributed by atoms with E-state index < -0.39 is 9.84 Å². The van der Waals surface area contributed by atoms with E-state index in [4.69, 9.17) is 9.47 Å². The van der Waals surface area contributed by atoms with Crippen LogP contribution in [0.25, 0.3) is 0 Å². The third kappa shape index (κ3) is 3.62. The molecule has 1 aliphatic heterocycles. The topological polar surface area (TPSA) is 55.9 Å². The average Bonchev–Trinajstić information content (AvgIpc) is 3.37. The first kappa shape index (κ1) is 17.0. The van der Waals surface area contributed by atoms with E-state index >= 15 is 0 Å². The zero-order valence-electron chi connectivity index (χ0n) is 14.2. The number of ether oxygens (including phenoxy) is 2. The molecule has 2 aromatic carbocycles. The fourth-order valence-electron chi connectivity index (χ4n) is 2.40. The highest BCUT2D eigenvalue weighted by Gasteiger charge is 2.26. The van der Waals surface area contributed by atoms with Crippen LogP contribution in [0.5, 0.6) is 5.75 Å². The van der Waals surface area contributed by atoms with Crippen LogP contribution < -0.4 is 4.74 Å². The Morgan fingerprint density at radius 3 is 2.29 bits per heavy atom. The number of benzene rings is 2. The molecule has 0 saturated carbocycles. The van der Waals surface area contributed by atoms with Gasteiger partial charge in [0.05, 0.1) is 11.5 Å². The summed E-state index contributed by atoms with van der Waals surface area (Å²) in [4.78, 5) is 0.461. The molecule has 128 valence electrons. The molecule has 1 fully saturated rings. The van der Waals surface area contributed by atoms with Gasteiger partial charge >= 0.3 is 0 Å². The van der Waals surface area contributed by atoms with Crippen molar-refractivity contribution in [3.8, 4) is 5.75 Å². The summed E-state index contributed by atoms with van der Waals surface area (Å²) in [6, 6.07) is 13.8. The minimum Gasteiger partial charge on any atom is -0.489 e. The molecule has 0 amide bonds. The predicted molar refractivity (Wildman–Crippen MR) is 92.3 cm³/mol. The lowest BCUT2D eigenvalue weighted by molar-refractivity contribution is 0.258. The summed E-state index contributed by atoms with van der Waals surface area (Å²) in [5, 5.41) is 0. The van der Waals surface area contributed by atoms with Crippen LogP contribution in [0.4, 0.5) is 0 Å². The normalized spacial score (nSPS) is 17.5. The zero-order chi connectivity index (χ0) is 17.4. The van der Waals surface area contributed by atoms with Crippen molar-refractivity contribution in [2.45, 2.75) is 42.1 Å². The summed E-state index contributed by atoms with van der Waals surface area (Å²) in [5.41, 5.74) is 1.07.